The van der Waals surface area contributed by atoms with Crippen molar-refractivity contribution < 1.29 is 28.2 Å². The number of aromatic nitrogens is 2. The molecule has 2 N–H and O–H groups in total. The predicted octanol–water partition coefficient (Wildman–Crippen LogP) is 2.13. The van der Waals surface area contributed by atoms with Crippen LogP contribution in [0.4, 0.5) is 14.5 Å². The van der Waals surface area contributed by atoms with E-state index in [9.17, 15) is 18.4 Å². The minimum absolute atomic E-state index is 0.0758. The number of carbonyl (C=O) groups is 2. The number of aryl methyl sites for hydroxylation is 1. The number of alkyl halides is 2. The minimum Gasteiger partial charge on any atom is -0.480 e. The number of aliphatic carboxylic acids is 1. The molecule has 0 radical (unpaired) electrons. The first-order valence-corrected chi connectivity index (χ1v) is 6.46. The molecular formula is C14H13F2N3O4. The van der Waals surface area contributed by atoms with E-state index < -0.39 is 25.0 Å². The van der Waals surface area contributed by atoms with Crippen LogP contribution in [0.3, 0.4) is 0 Å². The highest BCUT2D eigenvalue weighted by atomic mass is 19.3. The molecule has 1 heterocycles. The Balaban J connectivity index is 2.16. The number of nitrogens with one attached hydrogen (secondary N) is 1. The molecule has 0 unspecified atom stereocenters. The third-order valence-corrected chi connectivity index (χ3v) is 2.79. The quantitative estimate of drug-likeness (QED) is 0.848. The molecular weight excluding hydrogens is 312 g/mol. The number of hydrogen-bond donors (Lipinski definition) is 2. The van der Waals surface area contributed by atoms with Crippen LogP contribution in [-0.2, 0) is 11.3 Å². The molecule has 122 valence electrons. The van der Waals surface area contributed by atoms with Crippen molar-refractivity contribution in [1.29, 1.82) is 0 Å². The molecule has 23 heavy (non-hydrogen) atoms. The van der Waals surface area contributed by atoms with Crippen LogP contribution in [0.25, 0.3) is 0 Å². The van der Waals surface area contributed by atoms with Crippen LogP contribution in [-0.4, -0.2) is 33.4 Å². The fourth-order valence-corrected chi connectivity index (χ4v) is 1.83. The first-order valence-electron chi connectivity index (χ1n) is 6.46. The lowest BCUT2D eigenvalue weighted by Gasteiger charge is -2.12. The molecule has 0 aliphatic rings. The van der Waals surface area contributed by atoms with Gasteiger partial charge in [-0.2, -0.15) is 13.9 Å². The van der Waals surface area contributed by atoms with Crippen LogP contribution in [0.2, 0.25) is 0 Å². The van der Waals surface area contributed by atoms with Crippen LogP contribution in [0.15, 0.2) is 30.6 Å². The van der Waals surface area contributed by atoms with Gasteiger partial charge in [-0.1, -0.05) is 6.07 Å². The second kappa shape index (κ2) is 6.86. The highest BCUT2D eigenvalue weighted by Crippen LogP contribution is 2.27. The molecule has 0 fully saturated rings. The monoisotopic (exact) mass is 325 g/mol. The zero-order valence-corrected chi connectivity index (χ0v) is 12.0. The van der Waals surface area contributed by atoms with Gasteiger partial charge in [-0.05, 0) is 24.6 Å². The van der Waals surface area contributed by atoms with E-state index in [0.29, 0.717) is 5.56 Å². The zero-order valence-electron chi connectivity index (χ0n) is 12.0. The van der Waals surface area contributed by atoms with Gasteiger partial charge in [-0.15, -0.1) is 0 Å². The van der Waals surface area contributed by atoms with Gasteiger partial charge in [0.05, 0.1) is 17.4 Å². The van der Waals surface area contributed by atoms with Gasteiger partial charge >= 0.3 is 12.6 Å². The van der Waals surface area contributed by atoms with E-state index in [1.165, 1.54) is 24.5 Å². The lowest BCUT2D eigenvalue weighted by Crippen LogP contribution is -2.14. The lowest BCUT2D eigenvalue weighted by molar-refractivity contribution is -0.137. The fraction of sp³-hybridized carbons (Fsp3) is 0.214. The van der Waals surface area contributed by atoms with E-state index in [1.807, 2.05) is 0 Å². The Hall–Kier alpha value is -2.97. The number of rotatable bonds is 6. The molecule has 0 spiro atoms. The Labute approximate surface area is 129 Å². The number of carbonyl (C=O) groups excluding carboxylic acids is 1. The second-order valence-electron chi connectivity index (χ2n) is 4.65. The Kier molecular flexibility index (Phi) is 4.89. The van der Waals surface area contributed by atoms with E-state index in [2.05, 4.69) is 15.2 Å². The number of carboxylic acid groups (broad SMARTS) is 1. The van der Waals surface area contributed by atoms with Gasteiger partial charge in [0.2, 0.25) is 0 Å². The van der Waals surface area contributed by atoms with Crippen molar-refractivity contribution in [1.82, 2.24) is 9.78 Å². The molecule has 1 amide bonds. The number of halogens is 2. The molecule has 2 rings (SSSR count). The third-order valence-electron chi connectivity index (χ3n) is 2.79. The summed E-state index contributed by atoms with van der Waals surface area (Å²) in [6, 6.07) is 4.43. The molecule has 0 aliphatic heterocycles. The first-order chi connectivity index (χ1) is 10.8. The van der Waals surface area contributed by atoms with Crippen molar-refractivity contribution in [2.24, 2.45) is 0 Å². The minimum atomic E-state index is -3.02. The van der Waals surface area contributed by atoms with Gasteiger partial charge in [0.1, 0.15) is 12.3 Å². The zero-order chi connectivity index (χ0) is 17.0. The Bertz CT molecular complexity index is 731. The molecule has 7 nitrogen and oxygen atoms in total. The summed E-state index contributed by atoms with van der Waals surface area (Å²) in [7, 11) is 0. The Morgan fingerprint density at radius 1 is 1.43 bits per heavy atom. The van der Waals surface area contributed by atoms with E-state index in [4.69, 9.17) is 5.11 Å². The molecule has 0 bridgehead atoms. The van der Waals surface area contributed by atoms with Crippen molar-refractivity contribution in [2.45, 2.75) is 20.1 Å². The van der Waals surface area contributed by atoms with Gasteiger partial charge in [0, 0.05) is 6.20 Å². The first kappa shape index (κ1) is 16.4. The molecule has 0 aliphatic carbocycles. The summed E-state index contributed by atoms with van der Waals surface area (Å²) in [4.78, 5) is 22.7. The van der Waals surface area contributed by atoms with E-state index in [1.54, 1.807) is 13.0 Å². The molecule has 0 saturated carbocycles. The van der Waals surface area contributed by atoms with E-state index >= 15 is 0 Å². The van der Waals surface area contributed by atoms with Crippen LogP contribution in [0, 0.1) is 6.92 Å². The van der Waals surface area contributed by atoms with Crippen LogP contribution >= 0.6 is 0 Å². The van der Waals surface area contributed by atoms with Crippen molar-refractivity contribution >= 4 is 17.6 Å². The van der Waals surface area contributed by atoms with Gasteiger partial charge in [-0.25, -0.2) is 0 Å². The topological polar surface area (TPSA) is 93.5 Å². The maximum atomic E-state index is 12.4. The molecule has 1 aromatic heterocycles. The van der Waals surface area contributed by atoms with Crippen LogP contribution in [0.1, 0.15) is 15.9 Å². The summed E-state index contributed by atoms with van der Waals surface area (Å²) in [5.41, 5.74) is 0.856. The largest absolute Gasteiger partial charge is 0.480 e. The highest BCUT2D eigenvalue weighted by molar-refractivity contribution is 6.04. The number of amides is 1. The number of ether oxygens (including phenoxy) is 1. The predicted molar refractivity (Wildman–Crippen MR) is 75.6 cm³/mol. The number of anilines is 1. The smallest absolute Gasteiger partial charge is 0.387 e. The summed E-state index contributed by atoms with van der Waals surface area (Å²) >= 11 is 0. The highest BCUT2D eigenvalue weighted by Gasteiger charge is 2.15. The summed E-state index contributed by atoms with van der Waals surface area (Å²) in [5, 5.41) is 14.8. The maximum Gasteiger partial charge on any atom is 0.387 e. The van der Waals surface area contributed by atoms with Gasteiger partial charge in [0.15, 0.2) is 0 Å². The Morgan fingerprint density at radius 2 is 2.17 bits per heavy atom. The molecule has 2 aromatic rings. The summed E-state index contributed by atoms with van der Waals surface area (Å²) in [5.74, 6) is -1.89. The Morgan fingerprint density at radius 3 is 2.83 bits per heavy atom. The molecule has 0 atom stereocenters. The average molecular weight is 325 g/mol. The second-order valence-corrected chi connectivity index (χ2v) is 4.65. The summed E-state index contributed by atoms with van der Waals surface area (Å²) < 4.78 is 30.3. The van der Waals surface area contributed by atoms with Crippen molar-refractivity contribution in [3.8, 4) is 5.75 Å². The molecule has 9 heteroatoms. The van der Waals surface area contributed by atoms with Crippen molar-refractivity contribution in [3.63, 3.8) is 0 Å². The van der Waals surface area contributed by atoms with E-state index in [-0.39, 0.29) is 17.0 Å². The summed E-state index contributed by atoms with van der Waals surface area (Å²) in [6.45, 7) is -1.72. The fourth-order valence-electron chi connectivity index (χ4n) is 1.83. The standard InChI is InChI=1S/C14H13F2N3O4/c1-8-2-3-10(11(4-8)23-14(15)16)18-13(22)9-5-17-19(6-9)7-12(20)21/h2-6,14H,7H2,1H3,(H,18,22)(H,20,21). The normalized spacial score (nSPS) is 10.6. The number of benzene rings is 1. The van der Waals surface area contributed by atoms with Crippen LogP contribution < -0.4 is 10.1 Å². The third kappa shape index (κ3) is 4.50. The molecule has 0 saturated heterocycles. The number of hydrogen-bond acceptors (Lipinski definition) is 4. The molecule has 1 aromatic carbocycles. The SMILES string of the molecule is Cc1ccc(NC(=O)c2cnn(CC(=O)O)c2)c(OC(F)F)c1. The van der Waals surface area contributed by atoms with Gasteiger partial charge < -0.3 is 15.2 Å². The number of carboxylic acids is 1. The van der Waals surface area contributed by atoms with Crippen LogP contribution in [0.5, 0.6) is 5.75 Å². The lowest BCUT2D eigenvalue weighted by atomic mass is 10.2. The average Bonchev–Trinajstić information content (AvgIpc) is 2.89. The maximum absolute atomic E-state index is 12.4. The summed E-state index contributed by atoms with van der Waals surface area (Å²) in [6.07, 6.45) is 2.42. The number of nitrogens with zero attached hydrogens (tertiary/aromatic N) is 2. The van der Waals surface area contributed by atoms with Gasteiger partial charge in [-0.3, -0.25) is 14.3 Å². The van der Waals surface area contributed by atoms with E-state index in [0.717, 1.165) is 4.68 Å². The van der Waals surface area contributed by atoms with Gasteiger partial charge in [0.25, 0.3) is 5.91 Å². The van der Waals surface area contributed by atoms with Crippen molar-refractivity contribution in [3.05, 3.63) is 41.7 Å². The van der Waals surface area contributed by atoms with Crippen molar-refractivity contribution in [2.75, 3.05) is 5.32 Å².